The van der Waals surface area contributed by atoms with Crippen LogP contribution in [0.4, 0.5) is 0 Å². The number of ether oxygens (including phenoxy) is 1. The molecule has 4 heteroatoms. The van der Waals surface area contributed by atoms with E-state index in [0.29, 0.717) is 19.1 Å². The van der Waals surface area contributed by atoms with E-state index >= 15 is 0 Å². The minimum absolute atomic E-state index is 0.125. The molecule has 4 atom stereocenters. The smallest absolute Gasteiger partial charge is 0.251 e. The minimum atomic E-state index is -0.326. The van der Waals surface area contributed by atoms with Crippen molar-refractivity contribution in [3.8, 4) is 0 Å². The number of hydrogen-bond acceptors (Lipinski definition) is 3. The Morgan fingerprint density at radius 1 is 1.47 bits per heavy atom. The number of rotatable bonds is 2. The van der Waals surface area contributed by atoms with Gasteiger partial charge in [-0.1, -0.05) is 6.92 Å². The van der Waals surface area contributed by atoms with Crippen molar-refractivity contribution in [2.24, 2.45) is 11.8 Å². The van der Waals surface area contributed by atoms with Crippen LogP contribution in [0.3, 0.4) is 0 Å². The van der Waals surface area contributed by atoms with E-state index in [-0.39, 0.29) is 24.0 Å². The lowest BCUT2D eigenvalue weighted by atomic mass is 9.92. The van der Waals surface area contributed by atoms with Gasteiger partial charge in [-0.05, 0) is 32.1 Å². The summed E-state index contributed by atoms with van der Waals surface area (Å²) >= 11 is 0. The molecule has 2 aliphatic rings. The van der Waals surface area contributed by atoms with Crippen LogP contribution < -0.4 is 0 Å². The number of likely N-dealkylation sites (tertiary alicyclic amines) is 1. The third-order valence-corrected chi connectivity index (χ3v) is 4.08. The summed E-state index contributed by atoms with van der Waals surface area (Å²) < 4.78 is 5.52. The molecule has 2 aliphatic heterocycles. The van der Waals surface area contributed by atoms with Crippen molar-refractivity contribution in [3.05, 3.63) is 0 Å². The molecular weight excluding hydrogens is 218 g/mol. The first-order valence-corrected chi connectivity index (χ1v) is 6.68. The maximum atomic E-state index is 12.3. The van der Waals surface area contributed by atoms with Crippen LogP contribution in [-0.2, 0) is 9.53 Å². The second-order valence-corrected chi connectivity index (χ2v) is 5.48. The van der Waals surface area contributed by atoms with Crippen molar-refractivity contribution >= 4 is 5.91 Å². The van der Waals surface area contributed by atoms with Crippen molar-refractivity contribution in [1.82, 2.24) is 4.90 Å². The second kappa shape index (κ2) is 5.36. The first-order chi connectivity index (χ1) is 8.09. The van der Waals surface area contributed by atoms with Gasteiger partial charge in [-0.25, -0.2) is 0 Å². The first kappa shape index (κ1) is 12.8. The Hall–Kier alpha value is -0.610. The lowest BCUT2D eigenvalue weighted by molar-refractivity contribution is -0.145. The van der Waals surface area contributed by atoms with Crippen LogP contribution >= 0.6 is 0 Å². The number of aliphatic hydroxyl groups is 1. The van der Waals surface area contributed by atoms with Gasteiger partial charge in [-0.2, -0.15) is 0 Å². The Kier molecular flexibility index (Phi) is 4.05. The maximum Gasteiger partial charge on any atom is 0.251 e. The predicted molar refractivity (Wildman–Crippen MR) is 64.5 cm³/mol. The Morgan fingerprint density at radius 2 is 2.24 bits per heavy atom. The standard InChI is InChI=1S/C13H23NO3/c1-9-5-7-17-12(9)13(16)14-6-3-4-11(8-14)10(2)15/h9-12,15H,3-8H2,1-2H3. The van der Waals surface area contributed by atoms with Crippen LogP contribution in [0, 0.1) is 11.8 Å². The summed E-state index contributed by atoms with van der Waals surface area (Å²) in [5.74, 6) is 0.680. The number of carbonyl (C=O) groups is 1. The average Bonchev–Trinajstić information content (AvgIpc) is 2.74. The highest BCUT2D eigenvalue weighted by atomic mass is 16.5. The van der Waals surface area contributed by atoms with Crippen molar-refractivity contribution < 1.29 is 14.6 Å². The summed E-state index contributed by atoms with van der Waals surface area (Å²) in [6.07, 6.45) is 2.41. The number of hydrogen-bond donors (Lipinski definition) is 1. The number of carbonyl (C=O) groups excluding carboxylic acids is 1. The third-order valence-electron chi connectivity index (χ3n) is 4.08. The number of nitrogens with zero attached hydrogens (tertiary/aromatic N) is 1. The summed E-state index contributed by atoms with van der Waals surface area (Å²) in [6, 6.07) is 0. The first-order valence-electron chi connectivity index (χ1n) is 6.68. The summed E-state index contributed by atoms with van der Waals surface area (Å²) in [6.45, 7) is 6.09. The molecule has 98 valence electrons. The monoisotopic (exact) mass is 241 g/mol. The summed E-state index contributed by atoms with van der Waals surface area (Å²) in [5, 5.41) is 9.62. The SMILES string of the molecule is CC(O)C1CCCN(C(=O)C2OCCC2C)C1. The topological polar surface area (TPSA) is 49.8 Å². The zero-order valence-corrected chi connectivity index (χ0v) is 10.8. The van der Waals surface area contributed by atoms with Crippen molar-refractivity contribution in [1.29, 1.82) is 0 Å². The molecule has 17 heavy (non-hydrogen) atoms. The van der Waals surface area contributed by atoms with Crippen molar-refractivity contribution in [3.63, 3.8) is 0 Å². The lowest BCUT2D eigenvalue weighted by Crippen LogP contribution is -2.48. The van der Waals surface area contributed by atoms with Crippen LogP contribution in [0.1, 0.15) is 33.1 Å². The predicted octanol–water partition coefficient (Wildman–Crippen LogP) is 1.03. The zero-order valence-electron chi connectivity index (χ0n) is 10.8. The van der Waals surface area contributed by atoms with E-state index in [9.17, 15) is 9.90 Å². The van der Waals surface area contributed by atoms with Crippen molar-refractivity contribution in [2.45, 2.75) is 45.3 Å². The fourth-order valence-electron chi connectivity index (χ4n) is 2.80. The Morgan fingerprint density at radius 3 is 2.82 bits per heavy atom. The third kappa shape index (κ3) is 2.80. The van der Waals surface area contributed by atoms with Gasteiger partial charge >= 0.3 is 0 Å². The Labute approximate surface area is 103 Å². The van der Waals surface area contributed by atoms with Crippen LogP contribution in [-0.4, -0.2) is 47.8 Å². The molecule has 0 aliphatic carbocycles. The highest BCUT2D eigenvalue weighted by Crippen LogP contribution is 2.25. The number of amides is 1. The Balaban J connectivity index is 1.94. The molecule has 2 rings (SSSR count). The second-order valence-electron chi connectivity index (χ2n) is 5.48. The molecule has 0 saturated carbocycles. The quantitative estimate of drug-likeness (QED) is 0.785. The molecule has 4 nitrogen and oxygen atoms in total. The molecule has 0 aromatic carbocycles. The molecule has 2 fully saturated rings. The van der Waals surface area contributed by atoms with Gasteiger partial charge in [0.2, 0.25) is 0 Å². The van der Waals surface area contributed by atoms with Crippen LogP contribution in [0.5, 0.6) is 0 Å². The molecule has 4 unspecified atom stereocenters. The van der Waals surface area contributed by atoms with Gasteiger partial charge in [0.05, 0.1) is 6.10 Å². The van der Waals surface area contributed by atoms with Gasteiger partial charge in [0, 0.05) is 25.6 Å². The van der Waals surface area contributed by atoms with E-state index in [2.05, 4.69) is 6.92 Å². The zero-order chi connectivity index (χ0) is 12.4. The molecule has 0 radical (unpaired) electrons. The maximum absolute atomic E-state index is 12.3. The van der Waals surface area contributed by atoms with Gasteiger partial charge in [-0.15, -0.1) is 0 Å². The lowest BCUT2D eigenvalue weighted by Gasteiger charge is -2.35. The van der Waals surface area contributed by atoms with E-state index in [1.54, 1.807) is 0 Å². The van der Waals surface area contributed by atoms with Crippen molar-refractivity contribution in [2.75, 3.05) is 19.7 Å². The fraction of sp³-hybridized carbons (Fsp3) is 0.923. The molecule has 1 amide bonds. The molecule has 2 saturated heterocycles. The van der Waals surface area contributed by atoms with E-state index in [4.69, 9.17) is 4.74 Å². The normalized spacial score (nSPS) is 35.9. The van der Waals surface area contributed by atoms with Crippen LogP contribution in [0.2, 0.25) is 0 Å². The largest absolute Gasteiger partial charge is 0.393 e. The summed E-state index contributed by atoms with van der Waals surface area (Å²) in [7, 11) is 0. The van der Waals surface area contributed by atoms with E-state index in [0.717, 1.165) is 25.8 Å². The molecule has 2 heterocycles. The highest BCUT2D eigenvalue weighted by Gasteiger charge is 2.36. The van der Waals surface area contributed by atoms with Crippen LogP contribution in [0.15, 0.2) is 0 Å². The molecular formula is C13H23NO3. The van der Waals surface area contributed by atoms with Gasteiger partial charge in [0.25, 0.3) is 5.91 Å². The molecule has 0 spiro atoms. The fourth-order valence-corrected chi connectivity index (χ4v) is 2.80. The minimum Gasteiger partial charge on any atom is -0.393 e. The van der Waals surface area contributed by atoms with Gasteiger partial charge in [-0.3, -0.25) is 4.79 Å². The molecule has 0 bridgehead atoms. The summed E-state index contributed by atoms with van der Waals surface area (Å²) in [5.41, 5.74) is 0. The number of piperidine rings is 1. The number of aliphatic hydroxyl groups excluding tert-OH is 1. The van der Waals surface area contributed by atoms with Gasteiger partial charge < -0.3 is 14.7 Å². The molecule has 0 aromatic heterocycles. The van der Waals surface area contributed by atoms with E-state index < -0.39 is 0 Å². The average molecular weight is 241 g/mol. The van der Waals surface area contributed by atoms with Gasteiger partial charge in [0.1, 0.15) is 6.10 Å². The van der Waals surface area contributed by atoms with E-state index in [1.165, 1.54) is 0 Å². The van der Waals surface area contributed by atoms with Crippen LogP contribution in [0.25, 0.3) is 0 Å². The molecule has 0 aromatic rings. The highest BCUT2D eigenvalue weighted by molar-refractivity contribution is 5.81. The Bertz CT molecular complexity index is 280. The molecule has 1 N–H and O–H groups in total. The van der Waals surface area contributed by atoms with E-state index in [1.807, 2.05) is 11.8 Å². The van der Waals surface area contributed by atoms with Gasteiger partial charge in [0.15, 0.2) is 0 Å². The summed E-state index contributed by atoms with van der Waals surface area (Å²) in [4.78, 5) is 14.2.